The van der Waals surface area contributed by atoms with Crippen molar-refractivity contribution in [3.05, 3.63) is 54.1 Å². The molecule has 5 heteroatoms. The molecule has 2 amide bonds. The first-order chi connectivity index (χ1) is 14.8. The molecular weight excluding hydrogens is 388 g/mol. The van der Waals surface area contributed by atoms with Gasteiger partial charge in [0.15, 0.2) is 0 Å². The highest BCUT2D eigenvalue weighted by molar-refractivity contribution is 6.00. The van der Waals surface area contributed by atoms with Crippen molar-refractivity contribution in [1.82, 2.24) is 0 Å². The Morgan fingerprint density at radius 3 is 2.61 bits per heavy atom. The molecule has 1 N–H and O–H groups in total. The zero-order valence-corrected chi connectivity index (χ0v) is 19.1. The maximum atomic E-state index is 13.2. The minimum absolute atomic E-state index is 0.0224. The van der Waals surface area contributed by atoms with Gasteiger partial charge in [0.1, 0.15) is 12.4 Å². The van der Waals surface area contributed by atoms with Crippen LogP contribution in [0.3, 0.4) is 0 Å². The Labute approximate surface area is 185 Å². The van der Waals surface area contributed by atoms with E-state index in [2.05, 4.69) is 31.3 Å². The molecule has 1 aliphatic heterocycles. The van der Waals surface area contributed by atoms with E-state index in [1.165, 1.54) is 5.56 Å². The molecule has 0 unspecified atom stereocenters. The summed E-state index contributed by atoms with van der Waals surface area (Å²) in [6.45, 7) is 9.10. The standard InChI is InChI=1S/C26H34N2O3/c1-19(2)15-16-28-22-17-21(13-14-23(22)31-18-26(3,4)25(28)30)27-24(29)12-8-11-20-9-6-5-7-10-20/h5-7,9-10,13-14,17,19H,8,11-12,15-16,18H2,1-4H3,(H,27,29). The van der Waals surface area contributed by atoms with Crippen molar-refractivity contribution in [2.24, 2.45) is 11.3 Å². The molecule has 31 heavy (non-hydrogen) atoms. The third-order valence-corrected chi connectivity index (χ3v) is 5.59. The number of aryl methyl sites for hydroxylation is 1. The van der Waals surface area contributed by atoms with Crippen molar-refractivity contribution in [3.8, 4) is 5.75 Å². The van der Waals surface area contributed by atoms with E-state index in [-0.39, 0.29) is 11.8 Å². The molecule has 0 fully saturated rings. The number of nitrogens with one attached hydrogen (secondary N) is 1. The summed E-state index contributed by atoms with van der Waals surface area (Å²) in [6, 6.07) is 15.7. The Balaban J connectivity index is 1.70. The molecule has 1 aliphatic rings. The number of hydrogen-bond acceptors (Lipinski definition) is 3. The van der Waals surface area contributed by atoms with E-state index in [1.807, 2.05) is 55.1 Å². The fourth-order valence-electron chi connectivity index (χ4n) is 3.65. The second-order valence-corrected chi connectivity index (χ2v) is 9.38. The second-order valence-electron chi connectivity index (χ2n) is 9.38. The largest absolute Gasteiger partial charge is 0.490 e. The van der Waals surface area contributed by atoms with Crippen LogP contribution in [0, 0.1) is 11.3 Å². The van der Waals surface area contributed by atoms with E-state index in [4.69, 9.17) is 4.74 Å². The van der Waals surface area contributed by atoms with E-state index < -0.39 is 5.41 Å². The van der Waals surface area contributed by atoms with Gasteiger partial charge in [-0.2, -0.15) is 0 Å². The van der Waals surface area contributed by atoms with Crippen molar-refractivity contribution in [2.75, 3.05) is 23.4 Å². The Morgan fingerprint density at radius 2 is 1.90 bits per heavy atom. The van der Waals surface area contributed by atoms with Crippen LogP contribution in [0.2, 0.25) is 0 Å². The first-order valence-electron chi connectivity index (χ1n) is 11.2. The zero-order valence-electron chi connectivity index (χ0n) is 19.1. The molecule has 0 atom stereocenters. The van der Waals surface area contributed by atoms with Crippen molar-refractivity contribution < 1.29 is 14.3 Å². The van der Waals surface area contributed by atoms with Gasteiger partial charge < -0.3 is 15.0 Å². The fourth-order valence-corrected chi connectivity index (χ4v) is 3.65. The Hall–Kier alpha value is -2.82. The number of rotatable bonds is 8. The van der Waals surface area contributed by atoms with Crippen LogP contribution in [0.4, 0.5) is 11.4 Å². The molecule has 0 spiro atoms. The quantitative estimate of drug-likeness (QED) is 0.616. The molecule has 0 bridgehead atoms. The van der Waals surface area contributed by atoms with Gasteiger partial charge in [-0.15, -0.1) is 0 Å². The average Bonchev–Trinajstić information content (AvgIpc) is 2.82. The molecule has 0 saturated heterocycles. The lowest BCUT2D eigenvalue weighted by atomic mass is 9.92. The number of carbonyl (C=O) groups is 2. The number of amides is 2. The molecule has 1 heterocycles. The van der Waals surface area contributed by atoms with E-state index >= 15 is 0 Å². The summed E-state index contributed by atoms with van der Waals surface area (Å²) in [4.78, 5) is 27.5. The predicted molar refractivity (Wildman–Crippen MR) is 126 cm³/mol. The van der Waals surface area contributed by atoms with E-state index in [9.17, 15) is 9.59 Å². The Kier molecular flexibility index (Phi) is 7.37. The van der Waals surface area contributed by atoms with Crippen molar-refractivity contribution in [3.63, 3.8) is 0 Å². The van der Waals surface area contributed by atoms with Gasteiger partial charge in [-0.05, 0) is 62.8 Å². The van der Waals surface area contributed by atoms with Gasteiger partial charge in [0, 0.05) is 18.7 Å². The lowest BCUT2D eigenvalue weighted by molar-refractivity contribution is -0.127. The van der Waals surface area contributed by atoms with Gasteiger partial charge >= 0.3 is 0 Å². The molecular formula is C26H34N2O3. The second kappa shape index (κ2) is 9.99. The van der Waals surface area contributed by atoms with Gasteiger partial charge in [0.05, 0.1) is 11.1 Å². The molecule has 166 valence electrons. The highest BCUT2D eigenvalue weighted by atomic mass is 16.5. The fraction of sp³-hybridized carbons (Fsp3) is 0.462. The van der Waals surface area contributed by atoms with Gasteiger partial charge in [-0.1, -0.05) is 44.2 Å². The van der Waals surface area contributed by atoms with Crippen LogP contribution in [0.1, 0.15) is 52.5 Å². The summed E-state index contributed by atoms with van der Waals surface area (Å²) in [7, 11) is 0. The summed E-state index contributed by atoms with van der Waals surface area (Å²) >= 11 is 0. The third kappa shape index (κ3) is 6.09. The number of hydrogen-bond donors (Lipinski definition) is 1. The van der Waals surface area contributed by atoms with Crippen LogP contribution in [0.15, 0.2) is 48.5 Å². The summed E-state index contributed by atoms with van der Waals surface area (Å²) in [5.41, 5.74) is 2.06. The summed E-state index contributed by atoms with van der Waals surface area (Å²) in [6.07, 6.45) is 3.01. The van der Waals surface area contributed by atoms with E-state index in [0.717, 1.165) is 24.9 Å². The van der Waals surface area contributed by atoms with E-state index in [1.54, 1.807) is 0 Å². The van der Waals surface area contributed by atoms with Crippen LogP contribution < -0.4 is 15.0 Å². The first-order valence-corrected chi connectivity index (χ1v) is 11.2. The lowest BCUT2D eigenvalue weighted by Gasteiger charge is -2.28. The van der Waals surface area contributed by atoms with Crippen LogP contribution in [-0.4, -0.2) is 25.0 Å². The topological polar surface area (TPSA) is 58.6 Å². The number of ether oxygens (including phenoxy) is 1. The van der Waals surface area contributed by atoms with Crippen LogP contribution >= 0.6 is 0 Å². The van der Waals surface area contributed by atoms with E-state index in [0.29, 0.717) is 36.9 Å². The monoisotopic (exact) mass is 422 g/mol. The van der Waals surface area contributed by atoms with Crippen molar-refractivity contribution in [1.29, 1.82) is 0 Å². The number of benzene rings is 2. The third-order valence-electron chi connectivity index (χ3n) is 5.59. The molecule has 3 rings (SSSR count). The number of nitrogens with zero attached hydrogens (tertiary/aromatic N) is 1. The number of carbonyl (C=O) groups excluding carboxylic acids is 2. The zero-order chi connectivity index (χ0) is 22.4. The number of fused-ring (bicyclic) bond motifs is 1. The molecule has 0 aliphatic carbocycles. The SMILES string of the molecule is CC(C)CCN1C(=O)C(C)(C)COc2ccc(NC(=O)CCCc3ccccc3)cc21. The lowest BCUT2D eigenvalue weighted by Crippen LogP contribution is -2.42. The van der Waals surface area contributed by atoms with Gasteiger partial charge in [-0.3, -0.25) is 9.59 Å². The van der Waals surface area contributed by atoms with Gasteiger partial charge in [0.2, 0.25) is 11.8 Å². The number of anilines is 2. The molecule has 2 aromatic rings. The Bertz CT molecular complexity index is 906. The minimum Gasteiger partial charge on any atom is -0.490 e. The predicted octanol–water partition coefficient (Wildman–Crippen LogP) is 5.45. The highest BCUT2D eigenvalue weighted by Crippen LogP contribution is 2.38. The van der Waals surface area contributed by atoms with Crippen molar-refractivity contribution >= 4 is 23.2 Å². The summed E-state index contributed by atoms with van der Waals surface area (Å²) in [5, 5.41) is 2.99. The molecule has 0 radical (unpaired) electrons. The first kappa shape index (κ1) is 22.9. The highest BCUT2D eigenvalue weighted by Gasteiger charge is 2.37. The maximum absolute atomic E-state index is 13.2. The molecule has 5 nitrogen and oxygen atoms in total. The van der Waals surface area contributed by atoms with Gasteiger partial charge in [-0.25, -0.2) is 0 Å². The van der Waals surface area contributed by atoms with Crippen molar-refractivity contribution in [2.45, 2.75) is 53.4 Å². The van der Waals surface area contributed by atoms with Crippen LogP contribution in [-0.2, 0) is 16.0 Å². The summed E-state index contributed by atoms with van der Waals surface area (Å²) in [5.74, 6) is 1.20. The summed E-state index contributed by atoms with van der Waals surface area (Å²) < 4.78 is 5.97. The van der Waals surface area contributed by atoms with Crippen LogP contribution in [0.25, 0.3) is 0 Å². The molecule has 0 aromatic heterocycles. The minimum atomic E-state index is -0.600. The molecule has 0 saturated carbocycles. The smallest absolute Gasteiger partial charge is 0.236 e. The molecule has 2 aromatic carbocycles. The normalized spacial score (nSPS) is 15.3. The Morgan fingerprint density at radius 1 is 1.16 bits per heavy atom. The average molecular weight is 423 g/mol. The van der Waals surface area contributed by atoms with Gasteiger partial charge in [0.25, 0.3) is 0 Å². The van der Waals surface area contributed by atoms with Crippen LogP contribution in [0.5, 0.6) is 5.75 Å². The maximum Gasteiger partial charge on any atom is 0.236 e.